The minimum absolute atomic E-state index is 0.458. The van der Waals surface area contributed by atoms with Crippen LogP contribution in [0.5, 0.6) is 0 Å². The van der Waals surface area contributed by atoms with Gasteiger partial charge >= 0.3 is 0 Å². The zero-order chi connectivity index (χ0) is 14.7. The van der Waals surface area contributed by atoms with E-state index in [1.54, 1.807) is 6.07 Å². The van der Waals surface area contributed by atoms with Crippen LogP contribution in [0.1, 0.15) is 5.56 Å². The lowest BCUT2D eigenvalue weighted by molar-refractivity contribution is 1.45. The van der Waals surface area contributed by atoms with Gasteiger partial charge in [-0.1, -0.05) is 45.2 Å². The zero-order valence-corrected chi connectivity index (χ0v) is 14.4. The number of halogens is 3. The van der Waals surface area contributed by atoms with Crippen LogP contribution >= 0.6 is 51.3 Å². The Morgan fingerprint density at radius 2 is 1.75 bits per heavy atom. The van der Waals surface area contributed by atoms with Gasteiger partial charge in [-0.2, -0.15) is 0 Å². The lowest BCUT2D eigenvalue weighted by atomic mass is 10.2. The maximum absolute atomic E-state index is 6.13. The van der Waals surface area contributed by atoms with Gasteiger partial charge in [0.15, 0.2) is 5.11 Å². The molecular formula is C14H11BrCl2N2S. The van der Waals surface area contributed by atoms with Gasteiger partial charge in [0, 0.05) is 15.2 Å². The van der Waals surface area contributed by atoms with Crippen molar-refractivity contribution in [3.63, 3.8) is 0 Å². The Bertz CT molecular complexity index is 662. The van der Waals surface area contributed by atoms with Crippen LogP contribution in [-0.2, 0) is 0 Å². The van der Waals surface area contributed by atoms with E-state index in [2.05, 4.69) is 26.6 Å². The summed E-state index contributed by atoms with van der Waals surface area (Å²) in [5.41, 5.74) is 2.66. The van der Waals surface area contributed by atoms with Crippen molar-refractivity contribution in [2.45, 2.75) is 6.92 Å². The molecule has 0 saturated carbocycles. The largest absolute Gasteiger partial charge is 0.332 e. The first-order chi connectivity index (χ1) is 9.45. The fourth-order valence-corrected chi connectivity index (χ4v) is 2.71. The van der Waals surface area contributed by atoms with Gasteiger partial charge < -0.3 is 10.6 Å². The molecule has 0 aliphatic carbocycles. The summed E-state index contributed by atoms with van der Waals surface area (Å²) < 4.78 is 0.914. The van der Waals surface area contributed by atoms with Crippen molar-refractivity contribution in [1.82, 2.24) is 0 Å². The summed E-state index contributed by atoms with van der Waals surface area (Å²) in [6.07, 6.45) is 0. The number of hydrogen-bond donors (Lipinski definition) is 2. The molecule has 104 valence electrons. The molecule has 6 heteroatoms. The second-order valence-corrected chi connectivity index (χ2v) is 6.33. The average Bonchev–Trinajstić information content (AvgIpc) is 2.37. The predicted molar refractivity (Wildman–Crippen MR) is 95.2 cm³/mol. The SMILES string of the molecule is Cc1ccc(Cl)cc1NC(=S)Nc1ccc(Br)cc1Cl. The Labute approximate surface area is 141 Å². The number of hydrogen-bond acceptors (Lipinski definition) is 1. The van der Waals surface area contributed by atoms with Gasteiger partial charge in [-0.3, -0.25) is 0 Å². The molecule has 2 N–H and O–H groups in total. The molecular weight excluding hydrogens is 379 g/mol. The van der Waals surface area contributed by atoms with E-state index >= 15 is 0 Å². The number of benzene rings is 2. The van der Waals surface area contributed by atoms with Gasteiger partial charge in [-0.25, -0.2) is 0 Å². The molecule has 20 heavy (non-hydrogen) atoms. The molecule has 2 aromatic rings. The van der Waals surface area contributed by atoms with Gasteiger partial charge in [0.2, 0.25) is 0 Å². The lowest BCUT2D eigenvalue weighted by Gasteiger charge is -2.13. The topological polar surface area (TPSA) is 24.1 Å². The van der Waals surface area contributed by atoms with E-state index in [1.165, 1.54) is 0 Å². The first kappa shape index (κ1) is 15.6. The number of aryl methyl sites for hydroxylation is 1. The summed E-state index contributed by atoms with van der Waals surface area (Å²) in [7, 11) is 0. The van der Waals surface area contributed by atoms with E-state index in [4.69, 9.17) is 35.4 Å². The Hall–Kier alpha value is -0.810. The molecule has 0 saturated heterocycles. The third-order valence-electron chi connectivity index (χ3n) is 2.63. The van der Waals surface area contributed by atoms with Crippen LogP contribution in [0.3, 0.4) is 0 Å². The molecule has 2 rings (SSSR count). The van der Waals surface area contributed by atoms with Gasteiger partial charge in [0.05, 0.1) is 10.7 Å². The highest BCUT2D eigenvalue weighted by Crippen LogP contribution is 2.26. The Balaban J connectivity index is 2.11. The number of rotatable bonds is 2. The number of nitrogens with one attached hydrogen (secondary N) is 2. The van der Waals surface area contributed by atoms with Crippen LogP contribution in [0.2, 0.25) is 10.0 Å². The molecule has 0 aromatic heterocycles. The third kappa shape index (κ3) is 4.09. The van der Waals surface area contributed by atoms with Crippen LogP contribution < -0.4 is 10.6 Å². The molecule has 0 aliphatic rings. The summed E-state index contributed by atoms with van der Waals surface area (Å²) in [5, 5.41) is 7.87. The minimum Gasteiger partial charge on any atom is -0.332 e. The molecule has 0 radical (unpaired) electrons. The summed E-state index contributed by atoms with van der Waals surface area (Å²) in [6, 6.07) is 11.1. The van der Waals surface area contributed by atoms with E-state index in [1.807, 2.05) is 37.3 Å². The van der Waals surface area contributed by atoms with Crippen LogP contribution in [0.4, 0.5) is 11.4 Å². The first-order valence-corrected chi connectivity index (χ1v) is 7.70. The van der Waals surface area contributed by atoms with Crippen molar-refractivity contribution in [3.05, 3.63) is 56.5 Å². The monoisotopic (exact) mass is 388 g/mol. The molecule has 0 amide bonds. The fraction of sp³-hybridized carbons (Fsp3) is 0.0714. The fourth-order valence-electron chi connectivity index (χ4n) is 1.60. The van der Waals surface area contributed by atoms with Crippen LogP contribution in [0.25, 0.3) is 0 Å². The maximum atomic E-state index is 6.13. The standard InChI is InChI=1S/C14H11BrCl2N2S/c1-8-2-4-10(16)7-13(8)19-14(20)18-12-5-3-9(15)6-11(12)17/h2-7H,1H3,(H2,18,19,20). The second kappa shape index (κ2) is 6.76. The average molecular weight is 390 g/mol. The molecule has 0 aliphatic heterocycles. The summed E-state index contributed by atoms with van der Waals surface area (Å²) in [5.74, 6) is 0. The van der Waals surface area contributed by atoms with Crippen molar-refractivity contribution in [1.29, 1.82) is 0 Å². The van der Waals surface area contributed by atoms with E-state index in [-0.39, 0.29) is 0 Å². The van der Waals surface area contributed by atoms with Gasteiger partial charge in [-0.05, 0) is 55.0 Å². The normalized spacial score (nSPS) is 10.2. The van der Waals surface area contributed by atoms with E-state index in [0.717, 1.165) is 21.4 Å². The van der Waals surface area contributed by atoms with Crippen molar-refractivity contribution in [3.8, 4) is 0 Å². The van der Waals surface area contributed by atoms with Gasteiger partial charge in [0.25, 0.3) is 0 Å². The molecule has 0 heterocycles. The van der Waals surface area contributed by atoms with Crippen molar-refractivity contribution in [2.24, 2.45) is 0 Å². The minimum atomic E-state index is 0.458. The van der Waals surface area contributed by atoms with Crippen molar-refractivity contribution >= 4 is 67.8 Å². The lowest BCUT2D eigenvalue weighted by Crippen LogP contribution is -2.19. The van der Waals surface area contributed by atoms with Crippen LogP contribution in [0, 0.1) is 6.92 Å². The van der Waals surface area contributed by atoms with Crippen molar-refractivity contribution < 1.29 is 0 Å². The maximum Gasteiger partial charge on any atom is 0.175 e. The molecule has 0 bridgehead atoms. The molecule has 2 aromatic carbocycles. The summed E-state index contributed by atoms with van der Waals surface area (Å²) >= 11 is 20.7. The molecule has 2 nitrogen and oxygen atoms in total. The van der Waals surface area contributed by atoms with Crippen LogP contribution in [0.15, 0.2) is 40.9 Å². The second-order valence-electron chi connectivity index (χ2n) is 4.16. The molecule has 0 fully saturated rings. The Morgan fingerprint density at radius 3 is 2.45 bits per heavy atom. The predicted octanol–water partition coefficient (Wildman–Crippen LogP) is 5.87. The first-order valence-electron chi connectivity index (χ1n) is 5.75. The smallest absolute Gasteiger partial charge is 0.175 e. The number of anilines is 2. The molecule has 0 unspecified atom stereocenters. The Morgan fingerprint density at radius 1 is 1.05 bits per heavy atom. The third-order valence-corrected chi connectivity index (χ3v) is 3.87. The van der Waals surface area contributed by atoms with Gasteiger partial charge in [-0.15, -0.1) is 0 Å². The zero-order valence-electron chi connectivity index (χ0n) is 10.5. The molecule has 0 atom stereocenters. The highest BCUT2D eigenvalue weighted by Gasteiger charge is 2.05. The number of thiocarbonyl (C=S) groups is 1. The summed E-state index contributed by atoms with van der Waals surface area (Å²) in [4.78, 5) is 0. The van der Waals surface area contributed by atoms with Crippen LogP contribution in [-0.4, -0.2) is 5.11 Å². The van der Waals surface area contributed by atoms with Crippen molar-refractivity contribution in [2.75, 3.05) is 10.6 Å². The van der Waals surface area contributed by atoms with E-state index in [9.17, 15) is 0 Å². The van der Waals surface area contributed by atoms with Gasteiger partial charge in [0.1, 0.15) is 0 Å². The quantitative estimate of drug-likeness (QED) is 0.627. The van der Waals surface area contributed by atoms with E-state index in [0.29, 0.717) is 15.2 Å². The highest BCUT2D eigenvalue weighted by atomic mass is 79.9. The summed E-state index contributed by atoms with van der Waals surface area (Å²) in [6.45, 7) is 1.98. The van der Waals surface area contributed by atoms with E-state index < -0.39 is 0 Å². The highest BCUT2D eigenvalue weighted by molar-refractivity contribution is 9.10. The Kier molecular flexibility index (Phi) is 5.27. The molecule has 0 spiro atoms.